The van der Waals surface area contributed by atoms with Gasteiger partial charge in [0.1, 0.15) is 11.5 Å². The van der Waals surface area contributed by atoms with Crippen LogP contribution in [-0.2, 0) is 4.79 Å². The molecule has 26 heavy (non-hydrogen) atoms. The van der Waals surface area contributed by atoms with Crippen LogP contribution >= 0.6 is 28.1 Å². The Bertz CT molecular complexity index is 933. The fourth-order valence-corrected chi connectivity index (χ4v) is 3.25. The van der Waals surface area contributed by atoms with E-state index < -0.39 is 11.7 Å². The molecule has 0 bridgehead atoms. The first-order valence-corrected chi connectivity index (χ1v) is 8.89. The lowest BCUT2D eigenvalue weighted by atomic mass is 10.1. The van der Waals surface area contributed by atoms with Crippen molar-refractivity contribution in [2.75, 3.05) is 11.5 Å². The van der Waals surface area contributed by atoms with E-state index in [-0.39, 0.29) is 28.0 Å². The fourth-order valence-electron chi connectivity index (χ4n) is 2.50. The van der Waals surface area contributed by atoms with Gasteiger partial charge in [0.05, 0.1) is 16.8 Å². The van der Waals surface area contributed by atoms with Crippen LogP contribution in [0.2, 0.25) is 0 Å². The molecule has 134 valence electrons. The number of nitrogens with one attached hydrogen (secondary N) is 1. The number of hydrogen-bond acceptors (Lipinski definition) is 4. The van der Waals surface area contributed by atoms with Crippen molar-refractivity contribution in [2.24, 2.45) is 0 Å². The molecule has 8 heteroatoms. The van der Waals surface area contributed by atoms with Crippen LogP contribution in [0, 0.1) is 5.82 Å². The smallest absolute Gasteiger partial charge is 0.281 e. The van der Waals surface area contributed by atoms with Gasteiger partial charge in [-0.15, -0.1) is 0 Å². The molecule has 2 aromatic carbocycles. The molecule has 1 amide bonds. The number of phenolic OH excluding ortho intramolecular Hbond substituents is 1. The van der Waals surface area contributed by atoms with E-state index in [4.69, 9.17) is 17.0 Å². The minimum atomic E-state index is -0.544. The molecule has 2 aromatic rings. The van der Waals surface area contributed by atoms with Crippen LogP contribution in [-0.4, -0.2) is 22.7 Å². The number of aromatic hydroxyl groups is 1. The summed E-state index contributed by atoms with van der Waals surface area (Å²) in [5.74, 6) is -0.754. The summed E-state index contributed by atoms with van der Waals surface area (Å²) in [7, 11) is 0. The molecule has 1 saturated heterocycles. The van der Waals surface area contributed by atoms with E-state index in [1.165, 1.54) is 18.2 Å². The Kier molecular flexibility index (Phi) is 5.24. The number of halogens is 2. The van der Waals surface area contributed by atoms with Crippen molar-refractivity contribution in [3.63, 3.8) is 0 Å². The van der Waals surface area contributed by atoms with Gasteiger partial charge < -0.3 is 15.2 Å². The maximum Gasteiger partial charge on any atom is 0.281 e. The van der Waals surface area contributed by atoms with Crippen LogP contribution in [0.1, 0.15) is 12.5 Å². The average Bonchev–Trinajstić information content (AvgIpc) is 2.87. The third-order valence-electron chi connectivity index (χ3n) is 3.63. The number of thiocarbonyl (C=S) groups is 1. The first-order valence-electron chi connectivity index (χ1n) is 7.69. The molecule has 0 atom stereocenters. The van der Waals surface area contributed by atoms with E-state index in [0.29, 0.717) is 16.6 Å². The Morgan fingerprint density at radius 3 is 2.81 bits per heavy atom. The molecule has 1 heterocycles. The highest BCUT2D eigenvalue weighted by Crippen LogP contribution is 2.36. The van der Waals surface area contributed by atoms with Gasteiger partial charge in [-0.3, -0.25) is 4.79 Å². The quantitative estimate of drug-likeness (QED) is 0.561. The molecule has 0 spiro atoms. The number of rotatable bonds is 4. The van der Waals surface area contributed by atoms with Crippen molar-refractivity contribution in [3.05, 3.63) is 57.9 Å². The van der Waals surface area contributed by atoms with Gasteiger partial charge in [-0.2, -0.15) is 0 Å². The largest absolute Gasteiger partial charge is 0.503 e. The molecular formula is C18H14BrFN2O3S. The van der Waals surface area contributed by atoms with Crippen molar-refractivity contribution in [2.45, 2.75) is 6.92 Å². The van der Waals surface area contributed by atoms with Gasteiger partial charge in [0.15, 0.2) is 16.6 Å². The van der Waals surface area contributed by atoms with Crippen LogP contribution in [0.3, 0.4) is 0 Å². The number of benzene rings is 2. The van der Waals surface area contributed by atoms with Crippen molar-refractivity contribution in [1.82, 2.24) is 5.32 Å². The molecule has 0 unspecified atom stereocenters. The number of ether oxygens (including phenoxy) is 1. The highest BCUT2D eigenvalue weighted by atomic mass is 79.9. The van der Waals surface area contributed by atoms with E-state index in [2.05, 4.69) is 21.2 Å². The highest BCUT2D eigenvalue weighted by Gasteiger charge is 2.33. The molecule has 0 aromatic heterocycles. The van der Waals surface area contributed by atoms with Gasteiger partial charge in [-0.1, -0.05) is 12.1 Å². The van der Waals surface area contributed by atoms with Crippen molar-refractivity contribution in [1.29, 1.82) is 0 Å². The Balaban J connectivity index is 1.97. The molecular weight excluding hydrogens is 423 g/mol. The number of hydrogen-bond donors (Lipinski definition) is 2. The zero-order valence-corrected chi connectivity index (χ0v) is 16.0. The summed E-state index contributed by atoms with van der Waals surface area (Å²) in [6.45, 7) is 2.17. The van der Waals surface area contributed by atoms with E-state index in [1.807, 2.05) is 0 Å². The first-order chi connectivity index (χ1) is 12.4. The number of nitrogens with zero attached hydrogens (tertiary/aromatic N) is 1. The molecule has 0 aliphatic carbocycles. The van der Waals surface area contributed by atoms with Gasteiger partial charge in [-0.25, -0.2) is 9.29 Å². The van der Waals surface area contributed by atoms with E-state index in [1.54, 1.807) is 31.2 Å². The second-order valence-electron chi connectivity index (χ2n) is 5.36. The molecule has 1 fully saturated rings. The maximum absolute atomic E-state index is 14.0. The van der Waals surface area contributed by atoms with E-state index >= 15 is 0 Å². The van der Waals surface area contributed by atoms with Gasteiger partial charge in [-0.05, 0) is 71.0 Å². The van der Waals surface area contributed by atoms with Crippen LogP contribution < -0.4 is 15.0 Å². The maximum atomic E-state index is 14.0. The SMILES string of the molecule is CCOc1cc(C=C2NC(=S)N(c3ccccc3F)C2=O)cc(Br)c1O. The summed E-state index contributed by atoms with van der Waals surface area (Å²) >= 11 is 8.43. The van der Waals surface area contributed by atoms with Gasteiger partial charge in [0, 0.05) is 0 Å². The van der Waals surface area contributed by atoms with Crippen molar-refractivity contribution >= 4 is 50.9 Å². The summed E-state index contributed by atoms with van der Waals surface area (Å²) < 4.78 is 19.8. The first kappa shape index (κ1) is 18.3. The normalized spacial score (nSPS) is 15.5. The summed E-state index contributed by atoms with van der Waals surface area (Å²) in [6.07, 6.45) is 1.56. The second-order valence-corrected chi connectivity index (χ2v) is 6.60. The van der Waals surface area contributed by atoms with Crippen LogP contribution in [0.25, 0.3) is 6.08 Å². The van der Waals surface area contributed by atoms with Gasteiger partial charge in [0.25, 0.3) is 5.91 Å². The summed E-state index contributed by atoms with van der Waals surface area (Å²) in [5.41, 5.74) is 0.880. The Morgan fingerprint density at radius 1 is 1.38 bits per heavy atom. The minimum absolute atomic E-state index is 0.0248. The zero-order valence-electron chi connectivity index (χ0n) is 13.6. The molecule has 1 aliphatic rings. The average molecular weight is 437 g/mol. The standard InChI is InChI=1S/C18H14BrFN2O3S/c1-2-25-15-9-10(7-11(19)16(15)23)8-13-17(24)22(18(26)21-13)14-6-4-3-5-12(14)20/h3-9,23H,2H2,1H3,(H,21,26). The predicted octanol–water partition coefficient (Wildman–Crippen LogP) is 3.95. The highest BCUT2D eigenvalue weighted by molar-refractivity contribution is 9.10. The lowest BCUT2D eigenvalue weighted by molar-refractivity contribution is -0.113. The minimum Gasteiger partial charge on any atom is -0.503 e. The monoisotopic (exact) mass is 436 g/mol. The van der Waals surface area contributed by atoms with Crippen LogP contribution in [0.15, 0.2) is 46.6 Å². The molecule has 0 radical (unpaired) electrons. The van der Waals surface area contributed by atoms with E-state index in [9.17, 15) is 14.3 Å². The number of amides is 1. The lowest BCUT2D eigenvalue weighted by Gasteiger charge is -2.14. The number of carbonyl (C=O) groups is 1. The third-order valence-corrected chi connectivity index (χ3v) is 4.52. The molecule has 5 nitrogen and oxygen atoms in total. The number of carbonyl (C=O) groups excluding carboxylic acids is 1. The van der Waals surface area contributed by atoms with E-state index in [0.717, 1.165) is 4.90 Å². The number of phenols is 1. The van der Waals surface area contributed by atoms with Gasteiger partial charge in [0.2, 0.25) is 0 Å². The Labute approximate surface area is 163 Å². The van der Waals surface area contributed by atoms with Crippen LogP contribution in [0.5, 0.6) is 11.5 Å². The number of para-hydroxylation sites is 1. The van der Waals surface area contributed by atoms with Gasteiger partial charge >= 0.3 is 0 Å². The number of anilines is 1. The Hall–Kier alpha value is -2.45. The molecule has 3 rings (SSSR count). The molecule has 1 aliphatic heterocycles. The fraction of sp³-hybridized carbons (Fsp3) is 0.111. The summed E-state index contributed by atoms with van der Waals surface area (Å²) in [6, 6.07) is 9.14. The Morgan fingerprint density at radius 2 is 2.12 bits per heavy atom. The summed E-state index contributed by atoms with van der Waals surface area (Å²) in [4.78, 5) is 13.8. The van der Waals surface area contributed by atoms with Crippen molar-refractivity contribution < 1.29 is 19.0 Å². The predicted molar refractivity (Wildman–Crippen MR) is 105 cm³/mol. The van der Waals surface area contributed by atoms with Crippen LogP contribution in [0.4, 0.5) is 10.1 Å². The topological polar surface area (TPSA) is 61.8 Å². The van der Waals surface area contributed by atoms with Crippen molar-refractivity contribution in [3.8, 4) is 11.5 Å². The summed E-state index contributed by atoms with van der Waals surface area (Å²) in [5, 5.41) is 12.9. The second kappa shape index (κ2) is 7.43. The lowest BCUT2D eigenvalue weighted by Crippen LogP contribution is -2.31. The zero-order chi connectivity index (χ0) is 18.8. The molecule has 0 saturated carbocycles. The molecule has 2 N–H and O–H groups in total. The third kappa shape index (κ3) is 3.42.